The topological polar surface area (TPSA) is 117 Å². The standard InChI is InChI=1S/C26H27N7O3S3/c1-17-13-21(36-31-17)22-3-4-23(38-22)39(34,35)33-11-9-32(10-12-33)14-18(2)30-26-25-24(28-16-29-26)20(15-37-25)19-5-7-27-8-6-19/h3-8,13,15-16,18H,9-12,14H2,1-2H3,(H,28,29,30). The van der Waals surface area contributed by atoms with E-state index in [1.54, 1.807) is 52.6 Å². The number of hydrogen-bond acceptors (Lipinski definition) is 11. The van der Waals surface area contributed by atoms with Crippen molar-refractivity contribution in [3.8, 4) is 21.8 Å². The Labute approximate surface area is 234 Å². The molecule has 202 valence electrons. The summed E-state index contributed by atoms with van der Waals surface area (Å²) in [5, 5.41) is 9.54. The fraction of sp³-hybridized carbons (Fsp3) is 0.308. The molecule has 0 bridgehead atoms. The third-order valence-electron chi connectivity index (χ3n) is 6.64. The molecule has 1 N–H and O–H groups in total. The van der Waals surface area contributed by atoms with E-state index in [0.717, 1.165) is 44.3 Å². The maximum Gasteiger partial charge on any atom is 0.252 e. The van der Waals surface area contributed by atoms with Crippen LogP contribution in [0.3, 0.4) is 0 Å². The smallest absolute Gasteiger partial charge is 0.252 e. The Kier molecular flexibility index (Phi) is 7.16. The van der Waals surface area contributed by atoms with E-state index in [2.05, 4.69) is 42.6 Å². The summed E-state index contributed by atoms with van der Waals surface area (Å²) in [6.45, 7) is 6.95. The minimum atomic E-state index is -3.56. The highest BCUT2D eigenvalue weighted by Gasteiger charge is 2.30. The number of piperazine rings is 1. The number of pyridine rings is 1. The van der Waals surface area contributed by atoms with Crippen molar-refractivity contribution < 1.29 is 12.9 Å². The van der Waals surface area contributed by atoms with E-state index >= 15 is 0 Å². The quantitative estimate of drug-likeness (QED) is 0.281. The number of nitrogens with one attached hydrogen (secondary N) is 1. The lowest BCUT2D eigenvalue weighted by molar-refractivity contribution is 0.184. The van der Waals surface area contributed by atoms with Crippen molar-refractivity contribution in [2.45, 2.75) is 24.1 Å². The summed E-state index contributed by atoms with van der Waals surface area (Å²) in [5.41, 5.74) is 3.83. The second-order valence-electron chi connectivity index (χ2n) is 9.49. The Morgan fingerprint density at radius 2 is 1.90 bits per heavy atom. The minimum Gasteiger partial charge on any atom is -0.365 e. The molecule has 1 atom stereocenters. The van der Waals surface area contributed by atoms with E-state index in [9.17, 15) is 8.42 Å². The van der Waals surface area contributed by atoms with Crippen LogP contribution in [0, 0.1) is 6.92 Å². The summed E-state index contributed by atoms with van der Waals surface area (Å²) < 4.78 is 34.8. The van der Waals surface area contributed by atoms with Crippen molar-refractivity contribution in [3.05, 3.63) is 60.1 Å². The van der Waals surface area contributed by atoms with Gasteiger partial charge in [0.05, 0.1) is 20.8 Å². The molecular formula is C26H27N7O3S3. The van der Waals surface area contributed by atoms with Gasteiger partial charge in [-0.25, -0.2) is 18.4 Å². The van der Waals surface area contributed by atoms with Gasteiger partial charge in [0, 0.05) is 68.2 Å². The van der Waals surface area contributed by atoms with E-state index in [4.69, 9.17) is 4.52 Å². The van der Waals surface area contributed by atoms with Crippen LogP contribution in [0.1, 0.15) is 12.6 Å². The average molecular weight is 582 g/mol. The molecule has 0 radical (unpaired) electrons. The lowest BCUT2D eigenvalue weighted by atomic mass is 10.1. The molecule has 5 aromatic heterocycles. The highest BCUT2D eigenvalue weighted by Crippen LogP contribution is 2.36. The zero-order chi connectivity index (χ0) is 27.0. The molecule has 6 heterocycles. The lowest BCUT2D eigenvalue weighted by Gasteiger charge is -2.35. The molecule has 1 fully saturated rings. The molecule has 1 unspecified atom stereocenters. The van der Waals surface area contributed by atoms with Crippen LogP contribution >= 0.6 is 22.7 Å². The molecule has 13 heteroatoms. The molecule has 6 rings (SSSR count). The molecule has 1 saturated heterocycles. The molecule has 0 aromatic carbocycles. The third kappa shape index (κ3) is 5.32. The molecular weight excluding hydrogens is 555 g/mol. The van der Waals surface area contributed by atoms with Crippen molar-refractivity contribution in [1.82, 2.24) is 29.3 Å². The zero-order valence-corrected chi connectivity index (χ0v) is 23.9. The van der Waals surface area contributed by atoms with Gasteiger partial charge in [-0.1, -0.05) is 5.16 Å². The van der Waals surface area contributed by atoms with Crippen molar-refractivity contribution in [2.75, 3.05) is 38.0 Å². The van der Waals surface area contributed by atoms with Gasteiger partial charge in [0.2, 0.25) is 0 Å². The first-order valence-corrected chi connectivity index (χ1v) is 15.7. The first-order valence-electron chi connectivity index (χ1n) is 12.5. The molecule has 0 saturated carbocycles. The van der Waals surface area contributed by atoms with Crippen LogP contribution in [0.15, 0.2) is 63.2 Å². The van der Waals surface area contributed by atoms with Gasteiger partial charge in [0.25, 0.3) is 10.0 Å². The molecule has 1 aliphatic heterocycles. The number of nitrogens with zero attached hydrogens (tertiary/aromatic N) is 6. The number of fused-ring (bicyclic) bond motifs is 1. The second-order valence-corrected chi connectivity index (χ2v) is 13.6. The Balaban J connectivity index is 1.07. The van der Waals surface area contributed by atoms with E-state index < -0.39 is 10.0 Å². The van der Waals surface area contributed by atoms with Crippen LogP contribution in [-0.4, -0.2) is 76.5 Å². The van der Waals surface area contributed by atoms with Crippen LogP contribution in [0.2, 0.25) is 0 Å². The van der Waals surface area contributed by atoms with Crippen molar-refractivity contribution in [1.29, 1.82) is 0 Å². The van der Waals surface area contributed by atoms with Gasteiger partial charge >= 0.3 is 0 Å². The summed E-state index contributed by atoms with van der Waals surface area (Å²) in [4.78, 5) is 16.2. The second kappa shape index (κ2) is 10.7. The summed E-state index contributed by atoms with van der Waals surface area (Å²) in [6.07, 6.45) is 5.16. The molecule has 1 aliphatic rings. The first-order chi connectivity index (χ1) is 18.9. The van der Waals surface area contributed by atoms with Gasteiger partial charge in [-0.15, -0.1) is 22.7 Å². The maximum absolute atomic E-state index is 13.3. The van der Waals surface area contributed by atoms with Gasteiger partial charge in [-0.3, -0.25) is 9.88 Å². The van der Waals surface area contributed by atoms with E-state index in [-0.39, 0.29) is 6.04 Å². The predicted octanol–water partition coefficient (Wildman–Crippen LogP) is 4.59. The number of aromatic nitrogens is 4. The number of thiophene rings is 2. The molecule has 39 heavy (non-hydrogen) atoms. The minimum absolute atomic E-state index is 0.114. The lowest BCUT2D eigenvalue weighted by Crippen LogP contribution is -2.50. The van der Waals surface area contributed by atoms with Crippen LogP contribution < -0.4 is 5.32 Å². The Hall–Kier alpha value is -3.23. The normalized spacial score (nSPS) is 16.1. The number of rotatable bonds is 8. The zero-order valence-electron chi connectivity index (χ0n) is 21.4. The first kappa shape index (κ1) is 26.0. The number of hydrogen-bond donors (Lipinski definition) is 1. The van der Waals surface area contributed by atoms with E-state index in [1.807, 2.05) is 19.1 Å². The summed E-state index contributed by atoms with van der Waals surface area (Å²) in [6, 6.07) is 9.31. The van der Waals surface area contributed by atoms with Gasteiger partial charge < -0.3 is 9.84 Å². The maximum atomic E-state index is 13.3. The van der Waals surface area contributed by atoms with E-state index in [1.165, 1.54) is 11.3 Å². The van der Waals surface area contributed by atoms with Crippen molar-refractivity contribution >= 4 is 48.7 Å². The monoisotopic (exact) mass is 581 g/mol. The largest absolute Gasteiger partial charge is 0.365 e. The predicted molar refractivity (Wildman–Crippen MR) is 153 cm³/mol. The highest BCUT2D eigenvalue weighted by atomic mass is 32.2. The Morgan fingerprint density at radius 3 is 2.64 bits per heavy atom. The summed E-state index contributed by atoms with van der Waals surface area (Å²) in [5.74, 6) is 1.40. The Morgan fingerprint density at radius 1 is 1.10 bits per heavy atom. The van der Waals surface area contributed by atoms with Crippen LogP contribution in [0.25, 0.3) is 32.0 Å². The third-order valence-corrected chi connectivity index (χ3v) is 11.1. The van der Waals surface area contributed by atoms with Crippen molar-refractivity contribution in [3.63, 3.8) is 0 Å². The number of aryl methyl sites for hydroxylation is 1. The fourth-order valence-electron chi connectivity index (χ4n) is 4.71. The Bertz CT molecular complexity index is 1690. The van der Waals surface area contributed by atoms with E-state index in [0.29, 0.717) is 36.1 Å². The van der Waals surface area contributed by atoms with Crippen LogP contribution in [-0.2, 0) is 10.0 Å². The van der Waals surface area contributed by atoms with Crippen LogP contribution in [0.5, 0.6) is 0 Å². The van der Waals surface area contributed by atoms with Crippen LogP contribution in [0.4, 0.5) is 5.82 Å². The molecule has 0 spiro atoms. The molecule has 0 amide bonds. The van der Waals surface area contributed by atoms with Crippen molar-refractivity contribution in [2.24, 2.45) is 0 Å². The average Bonchev–Trinajstić information content (AvgIpc) is 3.70. The number of sulfonamides is 1. The summed E-state index contributed by atoms with van der Waals surface area (Å²) >= 11 is 2.84. The SMILES string of the molecule is Cc1cc(-c2ccc(S(=O)(=O)N3CCN(CC(C)Nc4ncnc5c(-c6ccncc6)csc45)CC3)s2)on1. The van der Waals surface area contributed by atoms with Gasteiger partial charge in [-0.2, -0.15) is 4.31 Å². The molecule has 10 nitrogen and oxygen atoms in total. The molecule has 5 aromatic rings. The van der Waals surface area contributed by atoms with Gasteiger partial charge in [0.1, 0.15) is 16.4 Å². The fourth-order valence-corrected chi connectivity index (χ4v) is 8.52. The highest BCUT2D eigenvalue weighted by molar-refractivity contribution is 7.91. The van der Waals surface area contributed by atoms with Gasteiger partial charge in [-0.05, 0) is 43.7 Å². The number of anilines is 1. The summed E-state index contributed by atoms with van der Waals surface area (Å²) in [7, 11) is -3.56. The van der Waals surface area contributed by atoms with Gasteiger partial charge in [0.15, 0.2) is 5.76 Å². The molecule has 0 aliphatic carbocycles.